The maximum Gasteiger partial charge on any atom is 0.264 e. The molecule has 0 unspecified atom stereocenters. The molecule has 4 aromatic rings. The zero-order valence-electron chi connectivity index (χ0n) is 24.9. The van der Waals surface area contributed by atoms with E-state index in [0.717, 1.165) is 21.0 Å². The number of sulfonamides is 1. The highest BCUT2D eigenvalue weighted by molar-refractivity contribution is 7.92. The van der Waals surface area contributed by atoms with Crippen molar-refractivity contribution in [3.63, 3.8) is 0 Å². The minimum absolute atomic E-state index is 0.0549. The van der Waals surface area contributed by atoms with E-state index in [0.29, 0.717) is 17.9 Å². The lowest BCUT2D eigenvalue weighted by atomic mass is 10.1. The van der Waals surface area contributed by atoms with Crippen LogP contribution in [0.3, 0.4) is 0 Å². The summed E-state index contributed by atoms with van der Waals surface area (Å²) >= 11 is 0. The second kappa shape index (κ2) is 14.0. The largest absolute Gasteiger partial charge is 0.457 e. The Kier molecular flexibility index (Phi) is 10.2. The van der Waals surface area contributed by atoms with E-state index in [1.54, 1.807) is 36.4 Å². The van der Waals surface area contributed by atoms with Crippen LogP contribution in [0.1, 0.15) is 30.0 Å². The van der Waals surface area contributed by atoms with E-state index < -0.39 is 28.5 Å². The number of likely N-dealkylation sites (N-methyl/N-ethyl adjacent to an activating group) is 1. The molecular formula is C34H37N3O5S. The van der Waals surface area contributed by atoms with Gasteiger partial charge in [-0.15, -0.1) is 0 Å². The van der Waals surface area contributed by atoms with Crippen LogP contribution in [0.15, 0.2) is 108 Å². The van der Waals surface area contributed by atoms with Gasteiger partial charge in [0, 0.05) is 13.6 Å². The molecule has 0 saturated heterocycles. The van der Waals surface area contributed by atoms with Crippen LogP contribution in [0.2, 0.25) is 0 Å². The fraction of sp³-hybridized carbons (Fsp3) is 0.235. The number of anilines is 1. The molecule has 2 amide bonds. The average Bonchev–Trinajstić information content (AvgIpc) is 3.01. The van der Waals surface area contributed by atoms with Crippen LogP contribution in [0, 0.1) is 13.8 Å². The number of carbonyl (C=O) groups is 2. The lowest BCUT2D eigenvalue weighted by Gasteiger charge is -2.33. The Labute approximate surface area is 254 Å². The SMILES string of the molecule is CC[C@H](C(=O)NC)N(Cc1ccccc1C)C(=O)CN(c1ccc(Oc2ccccc2)cc1)S(=O)(=O)c1ccc(C)cc1. The predicted octanol–water partition coefficient (Wildman–Crippen LogP) is 5.84. The van der Waals surface area contributed by atoms with Crippen LogP contribution in [0.5, 0.6) is 11.5 Å². The topological polar surface area (TPSA) is 96.0 Å². The van der Waals surface area contributed by atoms with Gasteiger partial charge in [-0.25, -0.2) is 8.42 Å². The van der Waals surface area contributed by atoms with Gasteiger partial charge in [-0.05, 0) is 79.9 Å². The molecule has 9 heteroatoms. The average molecular weight is 600 g/mol. The minimum atomic E-state index is -4.17. The van der Waals surface area contributed by atoms with Crippen LogP contribution >= 0.6 is 0 Å². The molecule has 1 atom stereocenters. The molecule has 0 heterocycles. The summed E-state index contributed by atoms with van der Waals surface area (Å²) in [6, 6.07) is 29.1. The van der Waals surface area contributed by atoms with Crippen molar-refractivity contribution in [3.8, 4) is 11.5 Å². The van der Waals surface area contributed by atoms with Crippen molar-refractivity contribution in [2.24, 2.45) is 0 Å². The monoisotopic (exact) mass is 599 g/mol. The van der Waals surface area contributed by atoms with Crippen molar-refractivity contribution in [1.29, 1.82) is 0 Å². The second-order valence-corrected chi connectivity index (χ2v) is 12.1. The molecule has 0 radical (unpaired) electrons. The summed E-state index contributed by atoms with van der Waals surface area (Å²) in [6.45, 7) is 5.28. The zero-order chi connectivity index (χ0) is 31.0. The van der Waals surface area contributed by atoms with Crippen molar-refractivity contribution in [2.75, 3.05) is 17.9 Å². The van der Waals surface area contributed by atoms with Gasteiger partial charge in [0.1, 0.15) is 24.1 Å². The summed E-state index contributed by atoms with van der Waals surface area (Å²) in [7, 11) is -2.64. The minimum Gasteiger partial charge on any atom is -0.457 e. The first-order valence-corrected chi connectivity index (χ1v) is 15.6. The number of carbonyl (C=O) groups excluding carboxylic acids is 2. The summed E-state index contributed by atoms with van der Waals surface area (Å²) in [5, 5.41) is 2.65. The third-order valence-electron chi connectivity index (χ3n) is 7.23. The number of aryl methyl sites for hydroxylation is 2. The predicted molar refractivity (Wildman–Crippen MR) is 169 cm³/mol. The van der Waals surface area contributed by atoms with Gasteiger partial charge in [-0.3, -0.25) is 13.9 Å². The van der Waals surface area contributed by atoms with Crippen LogP contribution < -0.4 is 14.4 Å². The van der Waals surface area contributed by atoms with Gasteiger partial charge in [0.15, 0.2) is 0 Å². The molecule has 43 heavy (non-hydrogen) atoms. The third-order valence-corrected chi connectivity index (χ3v) is 9.01. The lowest BCUT2D eigenvalue weighted by molar-refractivity contribution is -0.140. The van der Waals surface area contributed by atoms with Gasteiger partial charge in [0.25, 0.3) is 10.0 Å². The molecule has 0 saturated carbocycles. The van der Waals surface area contributed by atoms with Crippen LogP contribution in [0.25, 0.3) is 0 Å². The highest BCUT2D eigenvalue weighted by Crippen LogP contribution is 2.29. The Balaban J connectivity index is 1.73. The number of benzene rings is 4. The first-order valence-electron chi connectivity index (χ1n) is 14.1. The van der Waals surface area contributed by atoms with E-state index in [1.807, 2.05) is 75.4 Å². The van der Waals surface area contributed by atoms with E-state index >= 15 is 0 Å². The van der Waals surface area contributed by atoms with Gasteiger partial charge in [-0.1, -0.05) is 67.1 Å². The van der Waals surface area contributed by atoms with Crippen LogP contribution in [-0.4, -0.2) is 44.8 Å². The highest BCUT2D eigenvalue weighted by atomic mass is 32.2. The first-order chi connectivity index (χ1) is 20.6. The van der Waals surface area contributed by atoms with Crippen molar-refractivity contribution in [1.82, 2.24) is 10.2 Å². The number of nitrogens with zero attached hydrogens (tertiary/aromatic N) is 2. The van der Waals surface area contributed by atoms with E-state index in [4.69, 9.17) is 4.74 Å². The fourth-order valence-corrected chi connectivity index (χ4v) is 6.14. The van der Waals surface area contributed by atoms with Crippen LogP contribution in [0.4, 0.5) is 5.69 Å². The fourth-order valence-electron chi connectivity index (χ4n) is 4.73. The molecule has 0 aromatic heterocycles. The Bertz CT molecular complexity index is 1640. The van der Waals surface area contributed by atoms with Crippen molar-refractivity contribution in [3.05, 3.63) is 120 Å². The number of amides is 2. The Hall–Kier alpha value is -4.63. The van der Waals surface area contributed by atoms with E-state index in [9.17, 15) is 18.0 Å². The molecule has 1 N–H and O–H groups in total. The number of hydrogen-bond donors (Lipinski definition) is 1. The van der Waals surface area contributed by atoms with Crippen molar-refractivity contribution < 1.29 is 22.7 Å². The number of nitrogens with one attached hydrogen (secondary N) is 1. The Morgan fingerprint density at radius 3 is 2.02 bits per heavy atom. The first kappa shape index (κ1) is 31.3. The lowest BCUT2D eigenvalue weighted by Crippen LogP contribution is -2.51. The van der Waals surface area contributed by atoms with Gasteiger partial charge in [0.2, 0.25) is 11.8 Å². The normalized spacial score (nSPS) is 11.8. The highest BCUT2D eigenvalue weighted by Gasteiger charge is 2.33. The second-order valence-electron chi connectivity index (χ2n) is 10.2. The molecule has 0 fully saturated rings. The van der Waals surface area contributed by atoms with Gasteiger partial charge in [-0.2, -0.15) is 0 Å². The number of hydrogen-bond acceptors (Lipinski definition) is 5. The summed E-state index contributed by atoms with van der Waals surface area (Å²) in [6.07, 6.45) is 0.355. The molecule has 4 aromatic carbocycles. The summed E-state index contributed by atoms with van der Waals surface area (Å²) in [5.41, 5.74) is 3.03. The number of para-hydroxylation sites is 1. The van der Waals surface area contributed by atoms with E-state index in [1.165, 1.54) is 24.1 Å². The number of rotatable bonds is 12. The molecule has 0 aliphatic carbocycles. The smallest absolute Gasteiger partial charge is 0.264 e. The molecule has 4 rings (SSSR count). The third kappa shape index (κ3) is 7.61. The summed E-state index contributed by atoms with van der Waals surface area (Å²) in [5.74, 6) is 0.334. The van der Waals surface area contributed by atoms with E-state index in [2.05, 4.69) is 5.32 Å². The molecule has 0 spiro atoms. The van der Waals surface area contributed by atoms with E-state index in [-0.39, 0.29) is 23.0 Å². The molecular weight excluding hydrogens is 562 g/mol. The molecule has 8 nitrogen and oxygen atoms in total. The Morgan fingerprint density at radius 1 is 0.814 bits per heavy atom. The summed E-state index contributed by atoms with van der Waals surface area (Å²) < 4.78 is 35.1. The van der Waals surface area contributed by atoms with Crippen molar-refractivity contribution >= 4 is 27.5 Å². The van der Waals surface area contributed by atoms with Crippen LogP contribution in [-0.2, 0) is 26.2 Å². The van der Waals surface area contributed by atoms with Gasteiger partial charge >= 0.3 is 0 Å². The summed E-state index contributed by atoms with van der Waals surface area (Å²) in [4.78, 5) is 28.5. The van der Waals surface area contributed by atoms with Gasteiger partial charge < -0.3 is 15.0 Å². The van der Waals surface area contributed by atoms with Gasteiger partial charge in [0.05, 0.1) is 10.6 Å². The molecule has 0 aliphatic rings. The van der Waals surface area contributed by atoms with Crippen molar-refractivity contribution in [2.45, 2.75) is 44.7 Å². The molecule has 0 aliphatic heterocycles. The molecule has 224 valence electrons. The maximum atomic E-state index is 14.1. The quantitative estimate of drug-likeness (QED) is 0.221. The number of ether oxygens (including phenoxy) is 1. The molecule has 0 bridgehead atoms. The zero-order valence-corrected chi connectivity index (χ0v) is 25.7. The maximum absolute atomic E-state index is 14.1. The Morgan fingerprint density at radius 2 is 1.42 bits per heavy atom. The standard InChI is InChI=1S/C34H37N3O5S/c1-5-32(34(39)35-4)36(23-27-12-10-9-11-26(27)3)33(38)24-37(43(40,41)31-21-15-25(2)16-22-31)28-17-19-30(20-18-28)42-29-13-7-6-8-14-29/h6-22,32H,5,23-24H2,1-4H3,(H,35,39)/t32-/m1/s1.